The Morgan fingerprint density at radius 1 is 1.10 bits per heavy atom. The average Bonchev–Trinajstić information content (AvgIpc) is 3.32. The van der Waals surface area contributed by atoms with Crippen LogP contribution in [0.3, 0.4) is 0 Å². The molecule has 0 bridgehead atoms. The molecule has 6 nitrogen and oxygen atoms in total. The van der Waals surface area contributed by atoms with Gasteiger partial charge in [0, 0.05) is 39.3 Å². The van der Waals surface area contributed by atoms with Crippen LogP contribution < -0.4 is 0 Å². The van der Waals surface area contributed by atoms with Crippen LogP contribution in [0, 0.1) is 17.2 Å². The van der Waals surface area contributed by atoms with Gasteiger partial charge in [-0.1, -0.05) is 25.0 Å². The van der Waals surface area contributed by atoms with E-state index in [0.717, 1.165) is 38.8 Å². The Morgan fingerprint density at radius 2 is 1.72 bits per heavy atom. The van der Waals surface area contributed by atoms with Crippen molar-refractivity contribution in [1.29, 1.82) is 0 Å². The lowest BCUT2D eigenvalue weighted by Crippen LogP contribution is -2.51. The van der Waals surface area contributed by atoms with Gasteiger partial charge in [0.25, 0.3) is 0 Å². The highest BCUT2D eigenvalue weighted by atomic mass is 32.2. The molecule has 1 aromatic rings. The molecule has 1 amide bonds. The van der Waals surface area contributed by atoms with Crippen LogP contribution in [0.5, 0.6) is 0 Å². The Morgan fingerprint density at radius 3 is 2.34 bits per heavy atom. The maximum absolute atomic E-state index is 13.4. The monoisotopic (exact) mass is 423 g/mol. The summed E-state index contributed by atoms with van der Waals surface area (Å²) in [7, 11) is -1.51. The molecule has 4 rings (SSSR count). The first-order chi connectivity index (χ1) is 13.8. The van der Waals surface area contributed by atoms with Gasteiger partial charge in [0.2, 0.25) is 15.9 Å². The van der Waals surface area contributed by atoms with Crippen LogP contribution in [-0.4, -0.2) is 74.7 Å². The average molecular weight is 424 g/mol. The molecule has 29 heavy (non-hydrogen) atoms. The van der Waals surface area contributed by atoms with Crippen LogP contribution in [-0.2, 0) is 20.6 Å². The molecule has 3 aliphatic rings. The molecule has 0 N–H and O–H groups in total. The lowest BCUT2D eigenvalue weighted by Gasteiger charge is -2.37. The molecular weight excluding hydrogens is 393 g/mol. The number of sulfonamides is 1. The number of amides is 1. The number of hydrogen-bond acceptors (Lipinski definition) is 4. The molecule has 1 atom stereocenters. The second-order valence-corrected chi connectivity index (χ2v) is 10.9. The summed E-state index contributed by atoms with van der Waals surface area (Å²) in [6.07, 6.45) is 3.94. The fourth-order valence-electron chi connectivity index (χ4n) is 5.19. The number of carbonyl (C=O) groups excluding carboxylic acids is 1. The Balaban J connectivity index is 1.52. The normalized spacial score (nSPS) is 25.7. The summed E-state index contributed by atoms with van der Waals surface area (Å²) >= 11 is 0. The SMILES string of the molecule is CN1CCN(C(=O)C2CN(S(=O)(=O)Cc3ccc(F)cc3)CC23CCCC3)CC1. The Bertz CT molecular complexity index is 844. The molecule has 8 heteroatoms. The fourth-order valence-corrected chi connectivity index (χ4v) is 6.82. The van der Waals surface area contributed by atoms with E-state index in [4.69, 9.17) is 0 Å². The number of nitrogens with zero attached hydrogens (tertiary/aromatic N) is 3. The van der Waals surface area contributed by atoms with Crippen LogP contribution in [0.25, 0.3) is 0 Å². The van der Waals surface area contributed by atoms with Gasteiger partial charge in [-0.2, -0.15) is 0 Å². The number of rotatable bonds is 4. The maximum atomic E-state index is 13.4. The number of likely N-dealkylation sites (N-methyl/N-ethyl adjacent to an activating group) is 1. The van der Waals surface area contributed by atoms with Crippen molar-refractivity contribution in [1.82, 2.24) is 14.1 Å². The number of carbonyl (C=O) groups is 1. The summed E-state index contributed by atoms with van der Waals surface area (Å²) in [6.45, 7) is 3.85. The first-order valence-corrected chi connectivity index (χ1v) is 12.1. The molecule has 160 valence electrons. The highest BCUT2D eigenvalue weighted by molar-refractivity contribution is 7.88. The van der Waals surface area contributed by atoms with Crippen LogP contribution in [0.4, 0.5) is 4.39 Å². The van der Waals surface area contributed by atoms with Crippen molar-refractivity contribution in [3.63, 3.8) is 0 Å². The topological polar surface area (TPSA) is 60.9 Å². The van der Waals surface area contributed by atoms with Crippen LogP contribution in [0.15, 0.2) is 24.3 Å². The van der Waals surface area contributed by atoms with Crippen molar-refractivity contribution in [3.05, 3.63) is 35.6 Å². The fraction of sp³-hybridized carbons (Fsp3) is 0.667. The Hall–Kier alpha value is -1.51. The quantitative estimate of drug-likeness (QED) is 0.743. The van der Waals surface area contributed by atoms with E-state index in [1.165, 1.54) is 28.6 Å². The predicted octanol–water partition coefficient (Wildman–Crippen LogP) is 1.92. The number of piperazine rings is 1. The van der Waals surface area contributed by atoms with E-state index in [1.807, 2.05) is 4.90 Å². The van der Waals surface area contributed by atoms with Crippen LogP contribution in [0.1, 0.15) is 31.2 Å². The van der Waals surface area contributed by atoms with Crippen molar-refractivity contribution in [3.8, 4) is 0 Å². The van der Waals surface area contributed by atoms with Gasteiger partial charge in [0.15, 0.2) is 0 Å². The van der Waals surface area contributed by atoms with Crippen molar-refractivity contribution < 1.29 is 17.6 Å². The van der Waals surface area contributed by atoms with Crippen molar-refractivity contribution >= 4 is 15.9 Å². The van der Waals surface area contributed by atoms with E-state index in [2.05, 4.69) is 11.9 Å². The van der Waals surface area contributed by atoms with Crippen molar-refractivity contribution in [2.24, 2.45) is 11.3 Å². The van der Waals surface area contributed by atoms with E-state index >= 15 is 0 Å². The minimum absolute atomic E-state index is 0.125. The number of hydrogen-bond donors (Lipinski definition) is 0. The molecule has 1 aromatic carbocycles. The smallest absolute Gasteiger partial charge is 0.227 e. The largest absolute Gasteiger partial charge is 0.340 e. The summed E-state index contributed by atoms with van der Waals surface area (Å²) in [5.74, 6) is -0.662. The zero-order valence-corrected chi connectivity index (χ0v) is 17.8. The van der Waals surface area contributed by atoms with E-state index in [1.54, 1.807) is 0 Å². The van der Waals surface area contributed by atoms with Gasteiger partial charge in [-0.3, -0.25) is 4.79 Å². The molecule has 1 spiro atoms. The first-order valence-electron chi connectivity index (χ1n) is 10.5. The summed E-state index contributed by atoms with van der Waals surface area (Å²) < 4.78 is 40.9. The third kappa shape index (κ3) is 4.20. The Labute approximate surface area is 172 Å². The Kier molecular flexibility index (Phi) is 5.70. The summed E-state index contributed by atoms with van der Waals surface area (Å²) in [4.78, 5) is 17.5. The highest BCUT2D eigenvalue weighted by Crippen LogP contribution is 2.50. The third-order valence-electron chi connectivity index (χ3n) is 6.98. The highest BCUT2D eigenvalue weighted by Gasteiger charge is 2.54. The lowest BCUT2D eigenvalue weighted by molar-refractivity contribution is -0.139. The summed E-state index contributed by atoms with van der Waals surface area (Å²) in [5, 5.41) is 0. The van der Waals surface area contributed by atoms with Crippen molar-refractivity contribution in [2.75, 3.05) is 46.3 Å². The second kappa shape index (κ2) is 7.96. The lowest BCUT2D eigenvalue weighted by atomic mass is 9.76. The van der Waals surface area contributed by atoms with Gasteiger partial charge in [0.1, 0.15) is 5.82 Å². The zero-order valence-electron chi connectivity index (χ0n) is 17.0. The molecule has 1 saturated carbocycles. The molecular formula is C21H30FN3O3S. The van der Waals surface area contributed by atoms with Crippen LogP contribution >= 0.6 is 0 Å². The van der Waals surface area contributed by atoms with E-state index in [0.29, 0.717) is 25.2 Å². The molecule has 1 aliphatic carbocycles. The standard InChI is InChI=1S/C21H30FN3O3S/c1-23-10-12-24(13-11-23)20(26)19-14-25(16-21(19)8-2-3-9-21)29(27,28)15-17-4-6-18(22)7-5-17/h4-7,19H,2-3,8-16H2,1H3. The predicted molar refractivity (Wildman–Crippen MR) is 109 cm³/mol. The molecule has 2 aliphatic heterocycles. The van der Waals surface area contributed by atoms with Crippen molar-refractivity contribution in [2.45, 2.75) is 31.4 Å². The van der Waals surface area contributed by atoms with Crippen LogP contribution in [0.2, 0.25) is 0 Å². The minimum Gasteiger partial charge on any atom is -0.340 e. The molecule has 1 unspecified atom stereocenters. The van der Waals surface area contributed by atoms with E-state index < -0.39 is 10.0 Å². The summed E-state index contributed by atoms with van der Waals surface area (Å²) in [6, 6.07) is 5.60. The van der Waals surface area contributed by atoms with Gasteiger partial charge >= 0.3 is 0 Å². The van der Waals surface area contributed by atoms with Gasteiger partial charge in [-0.05, 0) is 43.0 Å². The molecule has 3 fully saturated rings. The van der Waals surface area contributed by atoms with E-state index in [9.17, 15) is 17.6 Å². The van der Waals surface area contributed by atoms with Gasteiger partial charge in [-0.25, -0.2) is 17.1 Å². The molecule has 0 radical (unpaired) electrons. The maximum Gasteiger partial charge on any atom is 0.227 e. The zero-order chi connectivity index (χ0) is 20.6. The number of benzene rings is 1. The third-order valence-corrected chi connectivity index (χ3v) is 8.75. The van der Waals surface area contributed by atoms with Gasteiger partial charge in [-0.15, -0.1) is 0 Å². The van der Waals surface area contributed by atoms with Gasteiger partial charge in [0.05, 0.1) is 11.7 Å². The number of halogens is 1. The van der Waals surface area contributed by atoms with E-state index in [-0.39, 0.29) is 35.4 Å². The van der Waals surface area contributed by atoms with Gasteiger partial charge < -0.3 is 9.80 Å². The molecule has 0 aromatic heterocycles. The first kappa shape index (κ1) is 20.8. The second-order valence-electron chi connectivity index (χ2n) is 8.93. The molecule has 2 saturated heterocycles. The minimum atomic E-state index is -3.56. The summed E-state index contributed by atoms with van der Waals surface area (Å²) in [5.41, 5.74) is 0.344. The molecule has 2 heterocycles.